The molecule has 1 aliphatic rings. The number of nitrogens with zero attached hydrogens (tertiary/aromatic N) is 2. The Morgan fingerprint density at radius 1 is 1.50 bits per heavy atom. The molecule has 1 atom stereocenters. The van der Waals surface area contributed by atoms with E-state index in [2.05, 4.69) is 31.7 Å². The predicted octanol–water partition coefficient (Wildman–Crippen LogP) is 2.52. The molecule has 0 aliphatic carbocycles. The Labute approximate surface area is 92.6 Å². The number of halogens is 1. The van der Waals surface area contributed by atoms with E-state index in [4.69, 9.17) is 4.74 Å². The van der Waals surface area contributed by atoms with Crippen LogP contribution in [0.4, 0.5) is 0 Å². The summed E-state index contributed by atoms with van der Waals surface area (Å²) < 4.78 is 7.66. The Morgan fingerprint density at radius 3 is 3.21 bits per heavy atom. The lowest BCUT2D eigenvalue weighted by Gasteiger charge is -2.14. The van der Waals surface area contributed by atoms with Crippen molar-refractivity contribution in [1.82, 2.24) is 9.55 Å². The van der Waals surface area contributed by atoms with Crippen molar-refractivity contribution in [3.05, 3.63) is 18.2 Å². The summed E-state index contributed by atoms with van der Waals surface area (Å²) in [5, 5.41) is 0.837. The van der Waals surface area contributed by atoms with Gasteiger partial charge in [0.2, 0.25) is 0 Å². The van der Waals surface area contributed by atoms with E-state index in [0.717, 1.165) is 37.1 Å². The molecule has 78 valence electrons. The summed E-state index contributed by atoms with van der Waals surface area (Å²) in [6.07, 6.45) is 7.54. The highest BCUT2D eigenvalue weighted by molar-refractivity contribution is 9.08. The Morgan fingerprint density at radius 2 is 2.43 bits per heavy atom. The number of aromatic nitrogens is 2. The van der Waals surface area contributed by atoms with Crippen LogP contribution in [0.15, 0.2) is 12.5 Å². The van der Waals surface area contributed by atoms with E-state index in [1.54, 1.807) is 0 Å². The first kappa shape index (κ1) is 10.2. The van der Waals surface area contributed by atoms with E-state index >= 15 is 0 Å². The molecule has 1 aliphatic heterocycles. The van der Waals surface area contributed by atoms with Gasteiger partial charge in [-0.3, -0.25) is 0 Å². The van der Waals surface area contributed by atoms with E-state index in [-0.39, 0.29) is 0 Å². The van der Waals surface area contributed by atoms with Gasteiger partial charge in [-0.05, 0) is 19.3 Å². The average molecular weight is 259 g/mol. The van der Waals surface area contributed by atoms with Gasteiger partial charge in [0.25, 0.3) is 0 Å². The molecule has 1 unspecified atom stereocenters. The summed E-state index contributed by atoms with van der Waals surface area (Å²) in [4.78, 5) is 4.32. The third kappa shape index (κ3) is 2.36. The third-order valence-corrected chi connectivity index (χ3v) is 3.21. The highest BCUT2D eigenvalue weighted by atomic mass is 79.9. The first-order chi connectivity index (χ1) is 6.90. The molecule has 1 aromatic rings. The van der Waals surface area contributed by atoms with Crippen LogP contribution < -0.4 is 0 Å². The van der Waals surface area contributed by atoms with Crippen molar-refractivity contribution in [3.8, 4) is 0 Å². The molecule has 4 heteroatoms. The van der Waals surface area contributed by atoms with Crippen LogP contribution >= 0.6 is 15.9 Å². The van der Waals surface area contributed by atoms with Crippen molar-refractivity contribution >= 4 is 15.9 Å². The van der Waals surface area contributed by atoms with Crippen LogP contribution in [0.5, 0.6) is 0 Å². The number of ether oxygens (including phenoxy) is 1. The highest BCUT2D eigenvalue weighted by Crippen LogP contribution is 2.21. The summed E-state index contributed by atoms with van der Waals surface area (Å²) in [6.45, 7) is 1.79. The summed E-state index contributed by atoms with van der Waals surface area (Å²) in [7, 11) is 0. The molecule has 0 bridgehead atoms. The highest BCUT2D eigenvalue weighted by Gasteiger charge is 2.14. The van der Waals surface area contributed by atoms with Crippen molar-refractivity contribution in [2.75, 3.05) is 13.2 Å². The van der Waals surface area contributed by atoms with Crippen LogP contribution in [0.1, 0.15) is 31.0 Å². The first-order valence-electron chi connectivity index (χ1n) is 5.06. The molecule has 0 N–H and O–H groups in total. The van der Waals surface area contributed by atoms with Crippen LogP contribution in [0.3, 0.4) is 0 Å². The van der Waals surface area contributed by atoms with Gasteiger partial charge in [0.1, 0.15) is 0 Å². The van der Waals surface area contributed by atoms with Crippen LogP contribution in [0, 0.1) is 0 Å². The minimum atomic E-state index is 0.581. The smallest absolute Gasteiger partial charge is 0.0952 e. The molecular formula is C10H15BrN2O. The van der Waals surface area contributed by atoms with Crippen molar-refractivity contribution in [1.29, 1.82) is 0 Å². The Bertz CT molecular complexity index is 279. The molecule has 1 aromatic heterocycles. The quantitative estimate of drug-likeness (QED) is 0.763. The molecule has 0 aromatic carbocycles. The molecule has 0 saturated carbocycles. The minimum Gasteiger partial charge on any atom is -0.381 e. The number of hydrogen-bond donors (Lipinski definition) is 0. The number of hydrogen-bond acceptors (Lipinski definition) is 2. The normalized spacial score (nSPS) is 23.4. The molecular weight excluding hydrogens is 244 g/mol. The van der Waals surface area contributed by atoms with Crippen molar-refractivity contribution in [3.63, 3.8) is 0 Å². The van der Waals surface area contributed by atoms with Gasteiger partial charge in [0.15, 0.2) is 0 Å². The maximum Gasteiger partial charge on any atom is 0.0952 e. The lowest BCUT2D eigenvalue weighted by atomic mass is 10.1. The average Bonchev–Trinajstić information content (AvgIpc) is 2.53. The molecule has 0 spiro atoms. The van der Waals surface area contributed by atoms with Crippen molar-refractivity contribution in [2.45, 2.75) is 30.6 Å². The standard InChI is InChI=1S/C10H15BrN2O/c11-6-9-7-13(8-12-9)10-2-1-4-14-5-3-10/h7-8,10H,1-6H2. The number of rotatable bonds is 2. The lowest BCUT2D eigenvalue weighted by molar-refractivity contribution is 0.142. The molecule has 1 fully saturated rings. The fourth-order valence-electron chi connectivity index (χ4n) is 1.83. The van der Waals surface area contributed by atoms with E-state index in [9.17, 15) is 0 Å². The lowest BCUT2D eigenvalue weighted by Crippen LogP contribution is -2.07. The molecule has 2 heterocycles. The SMILES string of the molecule is BrCc1cn(C2CCCOCC2)cn1. The van der Waals surface area contributed by atoms with Crippen LogP contribution in [0.25, 0.3) is 0 Å². The molecule has 0 amide bonds. The van der Waals surface area contributed by atoms with Gasteiger partial charge in [-0.15, -0.1) is 0 Å². The second-order valence-corrected chi connectivity index (χ2v) is 4.20. The molecule has 0 radical (unpaired) electrons. The first-order valence-corrected chi connectivity index (χ1v) is 6.18. The zero-order valence-electron chi connectivity index (χ0n) is 8.16. The summed E-state index contributed by atoms with van der Waals surface area (Å²) in [6, 6.07) is 0.581. The fraction of sp³-hybridized carbons (Fsp3) is 0.700. The second kappa shape index (κ2) is 4.94. The van der Waals surface area contributed by atoms with Crippen molar-refractivity contribution < 1.29 is 4.74 Å². The van der Waals surface area contributed by atoms with E-state index in [1.165, 1.54) is 6.42 Å². The van der Waals surface area contributed by atoms with Gasteiger partial charge in [0, 0.05) is 30.8 Å². The predicted molar refractivity (Wildman–Crippen MR) is 58.6 cm³/mol. The van der Waals surface area contributed by atoms with Gasteiger partial charge in [-0.2, -0.15) is 0 Å². The zero-order chi connectivity index (χ0) is 9.80. The van der Waals surface area contributed by atoms with Crippen LogP contribution in [-0.2, 0) is 10.1 Å². The summed E-state index contributed by atoms with van der Waals surface area (Å²) in [5.41, 5.74) is 1.11. The van der Waals surface area contributed by atoms with Gasteiger partial charge in [-0.1, -0.05) is 15.9 Å². The maximum atomic E-state index is 5.44. The molecule has 1 saturated heterocycles. The van der Waals surface area contributed by atoms with E-state index in [0.29, 0.717) is 6.04 Å². The van der Waals surface area contributed by atoms with Crippen LogP contribution in [0.2, 0.25) is 0 Å². The van der Waals surface area contributed by atoms with Crippen molar-refractivity contribution in [2.24, 2.45) is 0 Å². The Hall–Kier alpha value is -0.350. The van der Waals surface area contributed by atoms with Gasteiger partial charge in [0.05, 0.1) is 12.0 Å². The third-order valence-electron chi connectivity index (χ3n) is 2.63. The van der Waals surface area contributed by atoms with E-state index in [1.807, 2.05) is 6.33 Å². The largest absolute Gasteiger partial charge is 0.381 e. The molecule has 2 rings (SSSR count). The molecule has 14 heavy (non-hydrogen) atoms. The summed E-state index contributed by atoms with van der Waals surface area (Å²) in [5.74, 6) is 0. The maximum absolute atomic E-state index is 5.44. The summed E-state index contributed by atoms with van der Waals surface area (Å²) >= 11 is 3.41. The van der Waals surface area contributed by atoms with Crippen LogP contribution in [-0.4, -0.2) is 22.8 Å². The Kier molecular flexibility index (Phi) is 3.59. The molecule has 3 nitrogen and oxygen atoms in total. The topological polar surface area (TPSA) is 27.1 Å². The second-order valence-electron chi connectivity index (χ2n) is 3.64. The number of imidazole rings is 1. The van der Waals surface area contributed by atoms with Gasteiger partial charge < -0.3 is 9.30 Å². The van der Waals surface area contributed by atoms with E-state index < -0.39 is 0 Å². The fourth-order valence-corrected chi connectivity index (χ4v) is 2.12. The van der Waals surface area contributed by atoms with Gasteiger partial charge >= 0.3 is 0 Å². The Balaban J connectivity index is 2.04. The van der Waals surface area contributed by atoms with Gasteiger partial charge in [-0.25, -0.2) is 4.98 Å². The zero-order valence-corrected chi connectivity index (χ0v) is 9.74. The monoisotopic (exact) mass is 258 g/mol. The number of alkyl halides is 1. The minimum absolute atomic E-state index is 0.581.